The van der Waals surface area contributed by atoms with E-state index < -0.39 is 0 Å². The predicted molar refractivity (Wildman–Crippen MR) is 97.9 cm³/mol. The Hall–Kier alpha value is -2.41. The first-order valence-corrected chi connectivity index (χ1v) is 8.67. The van der Waals surface area contributed by atoms with E-state index in [2.05, 4.69) is 32.1 Å². The molecule has 0 radical (unpaired) electrons. The summed E-state index contributed by atoms with van der Waals surface area (Å²) in [5.41, 5.74) is 8.09. The zero-order valence-corrected chi connectivity index (χ0v) is 15.3. The van der Waals surface area contributed by atoms with Crippen molar-refractivity contribution in [3.05, 3.63) is 57.7 Å². The Morgan fingerprint density at radius 1 is 1.36 bits per heavy atom. The van der Waals surface area contributed by atoms with E-state index in [1.807, 2.05) is 12.1 Å². The zero-order chi connectivity index (χ0) is 17.8. The number of carbonyl (C=O) groups excluding carboxylic acids is 1. The van der Waals surface area contributed by atoms with E-state index in [9.17, 15) is 4.79 Å². The lowest BCUT2D eigenvalue weighted by Gasteiger charge is -2.06. The van der Waals surface area contributed by atoms with Gasteiger partial charge in [-0.15, -0.1) is 0 Å². The van der Waals surface area contributed by atoms with Gasteiger partial charge in [0.05, 0.1) is 11.6 Å². The summed E-state index contributed by atoms with van der Waals surface area (Å²) in [5, 5.41) is 3.78. The average Bonchev–Trinajstić information content (AvgIpc) is 3.47. The number of rotatable bonds is 7. The molecular weight excluding hydrogens is 386 g/mol. The number of ether oxygens (including phenoxy) is 1. The average molecular weight is 404 g/mol. The Balaban J connectivity index is 1.62. The second kappa shape index (κ2) is 7.65. The third-order valence-corrected chi connectivity index (χ3v) is 4.49. The van der Waals surface area contributed by atoms with Gasteiger partial charge in [-0.3, -0.25) is 4.79 Å². The maximum Gasteiger partial charge on any atom is 0.228 e. The Morgan fingerprint density at radius 2 is 2.16 bits per heavy atom. The molecule has 6 nitrogen and oxygen atoms in total. The number of nitrogens with two attached hydrogens (primary N) is 1. The number of benzene rings is 1. The van der Waals surface area contributed by atoms with Gasteiger partial charge in [0.1, 0.15) is 5.69 Å². The molecule has 0 unspecified atom stereocenters. The first-order chi connectivity index (χ1) is 12.1. The fraction of sp³-hybridized carbons (Fsp3) is 0.278. The third-order valence-electron chi connectivity index (χ3n) is 3.89. The molecule has 0 saturated heterocycles. The number of halogens is 1. The van der Waals surface area contributed by atoms with Crippen LogP contribution < -0.4 is 10.5 Å². The summed E-state index contributed by atoms with van der Waals surface area (Å²) in [5.74, 6) is 0.926. The lowest BCUT2D eigenvalue weighted by Crippen LogP contribution is -2.17. The molecule has 0 amide bonds. The van der Waals surface area contributed by atoms with Crippen molar-refractivity contribution < 1.29 is 14.4 Å². The van der Waals surface area contributed by atoms with E-state index in [0.29, 0.717) is 27.5 Å². The summed E-state index contributed by atoms with van der Waals surface area (Å²) in [7, 11) is 1.51. The number of amidine groups is 1. The van der Waals surface area contributed by atoms with Gasteiger partial charge in [0, 0.05) is 5.56 Å². The fourth-order valence-corrected chi connectivity index (χ4v) is 2.77. The van der Waals surface area contributed by atoms with Crippen LogP contribution in [0.25, 0.3) is 0 Å². The zero-order valence-electron chi connectivity index (χ0n) is 13.7. The van der Waals surface area contributed by atoms with Crippen molar-refractivity contribution in [1.82, 2.24) is 4.98 Å². The van der Waals surface area contributed by atoms with Crippen LogP contribution in [0.3, 0.4) is 0 Å². The monoisotopic (exact) mass is 403 g/mol. The van der Waals surface area contributed by atoms with E-state index in [4.69, 9.17) is 15.3 Å². The number of pyridine rings is 1. The van der Waals surface area contributed by atoms with Gasteiger partial charge in [-0.25, -0.2) is 4.98 Å². The van der Waals surface area contributed by atoms with Crippen molar-refractivity contribution in [3.63, 3.8) is 0 Å². The second-order valence-electron chi connectivity index (χ2n) is 5.76. The molecule has 0 atom stereocenters. The summed E-state index contributed by atoms with van der Waals surface area (Å²) >= 11 is 3.31. The van der Waals surface area contributed by atoms with Crippen LogP contribution in [0.15, 0.2) is 46.0 Å². The minimum Gasteiger partial charge on any atom is -0.480 e. The fourth-order valence-electron chi connectivity index (χ4n) is 2.38. The molecule has 2 N–H and O–H groups in total. The molecule has 7 heteroatoms. The third kappa shape index (κ3) is 4.36. The molecule has 1 heterocycles. The molecule has 1 aliphatic rings. The quantitative estimate of drug-likeness (QED) is 0.331. The van der Waals surface area contributed by atoms with Crippen molar-refractivity contribution in [1.29, 1.82) is 0 Å². The van der Waals surface area contributed by atoms with Gasteiger partial charge in [0.25, 0.3) is 0 Å². The molecule has 3 rings (SSSR count). The normalized spacial score (nSPS) is 14.2. The van der Waals surface area contributed by atoms with E-state index in [1.54, 1.807) is 18.2 Å². The number of hydrogen-bond acceptors (Lipinski definition) is 5. The van der Waals surface area contributed by atoms with Crippen molar-refractivity contribution in [2.75, 3.05) is 13.7 Å². The highest BCUT2D eigenvalue weighted by molar-refractivity contribution is 9.10. The van der Waals surface area contributed by atoms with Gasteiger partial charge < -0.3 is 15.3 Å². The van der Waals surface area contributed by atoms with Crippen molar-refractivity contribution in [2.24, 2.45) is 10.9 Å². The standard InChI is InChI=1S/C18H18BrN3O3/c1-24-18-14(19)7-8-15(21-18)17(20)22-25-10-16(23)13-4-2-3-12(9-13)11-5-6-11/h2-4,7-9,11H,5-6,10H2,1H3,(H2,20,22). The van der Waals surface area contributed by atoms with Gasteiger partial charge >= 0.3 is 0 Å². The molecule has 1 saturated carbocycles. The number of nitrogens with zero attached hydrogens (tertiary/aromatic N) is 2. The molecule has 0 aliphatic heterocycles. The lowest BCUT2D eigenvalue weighted by atomic mass is 10.0. The Labute approximate surface area is 154 Å². The van der Waals surface area contributed by atoms with Crippen LogP contribution in [0.1, 0.15) is 40.4 Å². The summed E-state index contributed by atoms with van der Waals surface area (Å²) in [4.78, 5) is 21.5. The van der Waals surface area contributed by atoms with Crippen LogP contribution >= 0.6 is 15.9 Å². The highest BCUT2D eigenvalue weighted by Gasteiger charge is 2.24. The molecule has 1 aromatic carbocycles. The van der Waals surface area contributed by atoms with Gasteiger partial charge in [0.2, 0.25) is 11.7 Å². The van der Waals surface area contributed by atoms with Gasteiger partial charge in [0.15, 0.2) is 12.4 Å². The minimum absolute atomic E-state index is 0.0744. The second-order valence-corrected chi connectivity index (χ2v) is 6.61. The van der Waals surface area contributed by atoms with E-state index in [1.165, 1.54) is 25.5 Å². The largest absolute Gasteiger partial charge is 0.480 e. The topological polar surface area (TPSA) is 86.8 Å². The molecule has 25 heavy (non-hydrogen) atoms. The van der Waals surface area contributed by atoms with Crippen LogP contribution in [0.5, 0.6) is 5.88 Å². The predicted octanol–water partition coefficient (Wildman–Crippen LogP) is 3.25. The SMILES string of the molecule is COc1nc(/C(N)=N/OCC(=O)c2cccc(C3CC3)c2)ccc1Br. The summed E-state index contributed by atoms with van der Waals surface area (Å²) in [6.45, 7) is -0.178. The van der Waals surface area contributed by atoms with Crippen molar-refractivity contribution in [3.8, 4) is 5.88 Å². The number of methoxy groups -OCH3 is 1. The van der Waals surface area contributed by atoms with Crippen LogP contribution in [-0.4, -0.2) is 30.3 Å². The van der Waals surface area contributed by atoms with Crippen LogP contribution in [0.2, 0.25) is 0 Å². The molecule has 1 aliphatic carbocycles. The summed E-state index contributed by atoms with van der Waals surface area (Å²) in [6, 6.07) is 11.1. The summed E-state index contributed by atoms with van der Waals surface area (Å²) in [6.07, 6.45) is 2.39. The summed E-state index contributed by atoms with van der Waals surface area (Å²) < 4.78 is 5.82. The lowest BCUT2D eigenvalue weighted by molar-refractivity contribution is 0.0775. The van der Waals surface area contributed by atoms with E-state index in [-0.39, 0.29) is 18.2 Å². The molecule has 2 aromatic rings. The highest BCUT2D eigenvalue weighted by atomic mass is 79.9. The van der Waals surface area contributed by atoms with Gasteiger partial charge in [-0.05, 0) is 58.5 Å². The van der Waals surface area contributed by atoms with Crippen molar-refractivity contribution in [2.45, 2.75) is 18.8 Å². The molecule has 130 valence electrons. The first kappa shape index (κ1) is 17.4. The maximum absolute atomic E-state index is 12.2. The molecule has 1 fully saturated rings. The molecule has 0 spiro atoms. The molecule has 0 bridgehead atoms. The van der Waals surface area contributed by atoms with Gasteiger partial charge in [-0.2, -0.15) is 0 Å². The van der Waals surface area contributed by atoms with Crippen molar-refractivity contribution >= 4 is 27.5 Å². The molecular formula is C18H18BrN3O3. The highest BCUT2D eigenvalue weighted by Crippen LogP contribution is 2.40. The first-order valence-electron chi connectivity index (χ1n) is 7.88. The van der Waals surface area contributed by atoms with Crippen LogP contribution in [0, 0.1) is 0 Å². The number of carbonyl (C=O) groups is 1. The minimum atomic E-state index is -0.178. The van der Waals surface area contributed by atoms with Crippen LogP contribution in [0.4, 0.5) is 0 Å². The van der Waals surface area contributed by atoms with Crippen LogP contribution in [-0.2, 0) is 4.84 Å². The van der Waals surface area contributed by atoms with Gasteiger partial charge in [-0.1, -0.05) is 23.4 Å². The molecule has 1 aromatic heterocycles. The Morgan fingerprint density at radius 3 is 2.88 bits per heavy atom. The Bertz CT molecular complexity index is 819. The Kier molecular flexibility index (Phi) is 5.33. The van der Waals surface area contributed by atoms with E-state index in [0.717, 1.165) is 0 Å². The number of Topliss-reactive ketones (excluding diaryl/α,β-unsaturated/α-hetero) is 1. The number of ketones is 1. The number of hydrogen-bond donors (Lipinski definition) is 1. The number of aromatic nitrogens is 1. The smallest absolute Gasteiger partial charge is 0.228 e. The number of oxime groups is 1. The van der Waals surface area contributed by atoms with E-state index >= 15 is 0 Å². The maximum atomic E-state index is 12.2.